The van der Waals surface area contributed by atoms with Crippen molar-refractivity contribution in [2.24, 2.45) is 0 Å². The highest BCUT2D eigenvalue weighted by Gasteiger charge is 2.09. The van der Waals surface area contributed by atoms with Crippen LogP contribution in [-0.4, -0.2) is 19.9 Å². The number of benzene rings is 1. The van der Waals surface area contributed by atoms with Crippen LogP contribution >= 0.6 is 0 Å². The van der Waals surface area contributed by atoms with Crippen LogP contribution in [0.15, 0.2) is 30.6 Å². The molecule has 1 aromatic heterocycles. The Morgan fingerprint density at radius 2 is 2.12 bits per heavy atom. The monoisotopic (exact) mass is 229 g/mol. The normalized spacial score (nSPS) is 12.0. The molecule has 0 saturated heterocycles. The van der Waals surface area contributed by atoms with Crippen LogP contribution in [-0.2, 0) is 6.54 Å². The molecular formula is C11H11N5O. The van der Waals surface area contributed by atoms with Gasteiger partial charge >= 0.3 is 0 Å². The van der Waals surface area contributed by atoms with Gasteiger partial charge in [-0.25, -0.2) is 9.67 Å². The molecule has 1 heterocycles. The topological polar surface area (TPSA) is 101 Å². The molecule has 1 aromatic carbocycles. The van der Waals surface area contributed by atoms with E-state index in [0.29, 0.717) is 5.69 Å². The van der Waals surface area contributed by atoms with Crippen LogP contribution in [0.1, 0.15) is 17.5 Å². The summed E-state index contributed by atoms with van der Waals surface area (Å²) in [5.74, 6) is 0.0921. The molecule has 3 N–H and O–H groups in total. The van der Waals surface area contributed by atoms with Gasteiger partial charge in [0.25, 0.3) is 5.82 Å². The van der Waals surface area contributed by atoms with Gasteiger partial charge in [-0.05, 0) is 17.7 Å². The van der Waals surface area contributed by atoms with Crippen LogP contribution in [0.25, 0.3) is 0 Å². The average molecular weight is 229 g/mol. The highest BCUT2D eigenvalue weighted by Crippen LogP contribution is 2.16. The first kappa shape index (κ1) is 11.1. The van der Waals surface area contributed by atoms with Gasteiger partial charge in [0, 0.05) is 5.69 Å². The maximum atomic E-state index is 9.93. The maximum Gasteiger partial charge on any atom is 0.252 e. The smallest absolute Gasteiger partial charge is 0.252 e. The van der Waals surface area contributed by atoms with Crippen LogP contribution in [0.3, 0.4) is 0 Å². The van der Waals surface area contributed by atoms with E-state index in [-0.39, 0.29) is 12.4 Å². The fraction of sp³-hybridized carbons (Fsp3) is 0.182. The van der Waals surface area contributed by atoms with Gasteiger partial charge in [-0.1, -0.05) is 12.1 Å². The van der Waals surface area contributed by atoms with Crippen molar-refractivity contribution >= 4 is 5.69 Å². The Bertz CT molecular complexity index is 540. The van der Waals surface area contributed by atoms with Crippen LogP contribution in [0.4, 0.5) is 5.69 Å². The first-order valence-corrected chi connectivity index (χ1v) is 5.02. The summed E-state index contributed by atoms with van der Waals surface area (Å²) in [5, 5.41) is 22.4. The number of rotatable bonds is 3. The molecule has 6 nitrogen and oxygen atoms in total. The van der Waals surface area contributed by atoms with Gasteiger partial charge < -0.3 is 10.8 Å². The van der Waals surface area contributed by atoms with Gasteiger partial charge in [0.15, 0.2) is 0 Å². The molecule has 0 aliphatic heterocycles. The lowest BCUT2D eigenvalue weighted by molar-refractivity contribution is 0.151. The van der Waals surface area contributed by atoms with Gasteiger partial charge in [-0.3, -0.25) is 0 Å². The standard InChI is InChI=1S/C11H11N5O/c12-5-11-14-7-16(15-11)6-10(17)8-1-3-9(13)4-2-8/h1-4,7,10,17H,6,13H2. The van der Waals surface area contributed by atoms with Crippen molar-refractivity contribution in [3.63, 3.8) is 0 Å². The van der Waals surface area contributed by atoms with Crippen LogP contribution in [0.5, 0.6) is 0 Å². The summed E-state index contributed by atoms with van der Waals surface area (Å²) in [4.78, 5) is 3.76. The number of aliphatic hydroxyl groups is 1. The van der Waals surface area contributed by atoms with E-state index in [4.69, 9.17) is 11.0 Å². The molecule has 2 aromatic rings. The summed E-state index contributed by atoms with van der Waals surface area (Å²) in [7, 11) is 0. The lowest BCUT2D eigenvalue weighted by Gasteiger charge is -2.10. The van der Waals surface area contributed by atoms with Crippen LogP contribution < -0.4 is 5.73 Å². The minimum Gasteiger partial charge on any atom is -0.399 e. The third-order valence-corrected chi connectivity index (χ3v) is 2.32. The zero-order valence-electron chi connectivity index (χ0n) is 8.98. The number of aromatic nitrogens is 3. The molecule has 17 heavy (non-hydrogen) atoms. The number of hydrogen-bond donors (Lipinski definition) is 2. The zero-order chi connectivity index (χ0) is 12.3. The lowest BCUT2D eigenvalue weighted by atomic mass is 10.1. The number of nitriles is 1. The third kappa shape index (κ3) is 2.59. The number of nitrogens with two attached hydrogens (primary N) is 1. The molecule has 2 rings (SSSR count). The minimum absolute atomic E-state index is 0.0921. The molecule has 86 valence electrons. The SMILES string of the molecule is N#Cc1ncn(CC(O)c2ccc(N)cc2)n1. The van der Waals surface area contributed by atoms with E-state index in [1.807, 2.05) is 6.07 Å². The second-order valence-corrected chi connectivity index (χ2v) is 3.58. The Balaban J connectivity index is 2.08. The molecule has 0 aliphatic rings. The van der Waals surface area contributed by atoms with Crippen molar-refractivity contribution in [3.05, 3.63) is 42.0 Å². The second kappa shape index (κ2) is 4.63. The molecule has 6 heteroatoms. The zero-order valence-corrected chi connectivity index (χ0v) is 8.98. The van der Waals surface area contributed by atoms with E-state index in [9.17, 15) is 5.11 Å². The van der Waals surface area contributed by atoms with Gasteiger partial charge in [0.1, 0.15) is 12.4 Å². The first-order valence-electron chi connectivity index (χ1n) is 5.02. The third-order valence-electron chi connectivity index (χ3n) is 2.32. The van der Waals surface area contributed by atoms with Crippen molar-refractivity contribution in [2.45, 2.75) is 12.6 Å². The van der Waals surface area contributed by atoms with Crippen LogP contribution in [0, 0.1) is 11.3 Å². The predicted octanol–water partition coefficient (Wildman–Crippen LogP) is 0.466. The van der Waals surface area contributed by atoms with Crippen LogP contribution in [0.2, 0.25) is 0 Å². The Kier molecular flexibility index (Phi) is 3.03. The molecular weight excluding hydrogens is 218 g/mol. The molecule has 0 spiro atoms. The number of aliphatic hydroxyl groups excluding tert-OH is 1. The molecule has 1 atom stereocenters. The number of anilines is 1. The summed E-state index contributed by atoms with van der Waals surface area (Å²) in [5.41, 5.74) is 6.95. The molecule has 0 radical (unpaired) electrons. The number of nitrogen functional groups attached to an aromatic ring is 1. The summed E-state index contributed by atoms with van der Waals surface area (Å²) >= 11 is 0. The Morgan fingerprint density at radius 3 is 2.71 bits per heavy atom. The molecule has 1 unspecified atom stereocenters. The Labute approximate surface area is 97.9 Å². The van der Waals surface area contributed by atoms with E-state index >= 15 is 0 Å². The Hall–Kier alpha value is -2.39. The highest BCUT2D eigenvalue weighted by molar-refractivity contribution is 5.39. The largest absolute Gasteiger partial charge is 0.399 e. The predicted molar refractivity (Wildman–Crippen MR) is 60.6 cm³/mol. The van der Waals surface area contributed by atoms with Crippen molar-refractivity contribution in [3.8, 4) is 6.07 Å². The number of nitrogens with zero attached hydrogens (tertiary/aromatic N) is 4. The lowest BCUT2D eigenvalue weighted by Crippen LogP contribution is -2.09. The van der Waals surface area contributed by atoms with Gasteiger partial charge in [0.2, 0.25) is 0 Å². The average Bonchev–Trinajstić information content (AvgIpc) is 2.77. The van der Waals surface area contributed by atoms with Crippen molar-refractivity contribution < 1.29 is 5.11 Å². The van der Waals surface area contributed by atoms with Crippen molar-refractivity contribution in [2.75, 3.05) is 5.73 Å². The minimum atomic E-state index is -0.705. The highest BCUT2D eigenvalue weighted by atomic mass is 16.3. The van der Waals surface area contributed by atoms with Gasteiger partial charge in [0.05, 0.1) is 12.6 Å². The summed E-state index contributed by atoms with van der Waals surface area (Å²) < 4.78 is 1.43. The summed E-state index contributed by atoms with van der Waals surface area (Å²) in [6.07, 6.45) is 0.711. The first-order chi connectivity index (χ1) is 8.19. The van der Waals surface area contributed by atoms with E-state index in [1.54, 1.807) is 24.3 Å². The number of hydrogen-bond acceptors (Lipinski definition) is 5. The van der Waals surface area contributed by atoms with E-state index < -0.39 is 6.10 Å². The van der Waals surface area contributed by atoms with E-state index in [1.165, 1.54) is 11.0 Å². The second-order valence-electron chi connectivity index (χ2n) is 3.58. The molecule has 0 aliphatic carbocycles. The maximum absolute atomic E-state index is 9.93. The summed E-state index contributed by atoms with van der Waals surface area (Å²) in [6.45, 7) is 0.249. The molecule has 0 bridgehead atoms. The van der Waals surface area contributed by atoms with Crippen molar-refractivity contribution in [1.29, 1.82) is 5.26 Å². The fourth-order valence-electron chi connectivity index (χ4n) is 1.43. The van der Waals surface area contributed by atoms with E-state index in [0.717, 1.165) is 5.56 Å². The fourth-order valence-corrected chi connectivity index (χ4v) is 1.43. The quantitative estimate of drug-likeness (QED) is 0.745. The Morgan fingerprint density at radius 1 is 1.41 bits per heavy atom. The van der Waals surface area contributed by atoms with Crippen molar-refractivity contribution in [1.82, 2.24) is 14.8 Å². The molecule has 0 fully saturated rings. The van der Waals surface area contributed by atoms with E-state index in [2.05, 4.69) is 10.1 Å². The molecule has 0 saturated carbocycles. The van der Waals surface area contributed by atoms with Gasteiger partial charge in [-0.2, -0.15) is 5.26 Å². The van der Waals surface area contributed by atoms with Gasteiger partial charge in [-0.15, -0.1) is 5.10 Å². The molecule has 0 amide bonds. The summed E-state index contributed by atoms with van der Waals surface area (Å²) in [6, 6.07) is 8.78.